The minimum atomic E-state index is -0.0389. The van der Waals surface area contributed by atoms with Crippen LogP contribution in [0.1, 0.15) is 24.4 Å². The van der Waals surface area contributed by atoms with Crippen molar-refractivity contribution in [3.8, 4) is 11.6 Å². The van der Waals surface area contributed by atoms with Crippen LogP contribution in [-0.2, 0) is 6.54 Å². The highest BCUT2D eigenvalue weighted by atomic mass is 16.3. The molecule has 32 heavy (non-hydrogen) atoms. The number of anilines is 1. The highest BCUT2D eigenvalue weighted by Gasteiger charge is 2.25. The van der Waals surface area contributed by atoms with Crippen molar-refractivity contribution in [3.05, 3.63) is 64.9 Å². The monoisotopic (exact) mass is 430 g/mol. The van der Waals surface area contributed by atoms with Crippen molar-refractivity contribution in [2.75, 3.05) is 18.8 Å². The summed E-state index contributed by atoms with van der Waals surface area (Å²) in [5.74, 6) is 1.35. The first-order valence-electron chi connectivity index (χ1n) is 10.6. The number of imidazole rings is 1. The third-order valence-electron chi connectivity index (χ3n) is 6.15. The molecule has 10 nitrogen and oxygen atoms in total. The van der Waals surface area contributed by atoms with Crippen molar-refractivity contribution >= 4 is 22.6 Å². The van der Waals surface area contributed by atoms with Crippen LogP contribution < -0.4 is 11.4 Å². The Morgan fingerprint density at radius 3 is 2.81 bits per heavy atom. The average Bonchev–Trinajstić information content (AvgIpc) is 3.54. The second-order valence-electron chi connectivity index (χ2n) is 8.11. The molecule has 0 unspecified atom stereocenters. The van der Waals surface area contributed by atoms with Crippen LogP contribution in [0.2, 0.25) is 0 Å². The lowest BCUT2D eigenvalue weighted by Gasteiger charge is -2.32. The normalized spacial score (nSPS) is 15.8. The summed E-state index contributed by atoms with van der Waals surface area (Å²) in [6.07, 6.45) is 5.14. The molecule has 5 aromatic rings. The molecule has 10 heteroatoms. The first-order chi connectivity index (χ1) is 15.7. The summed E-state index contributed by atoms with van der Waals surface area (Å²) in [6, 6.07) is 11.6. The number of furan rings is 1. The van der Waals surface area contributed by atoms with Crippen molar-refractivity contribution in [2.24, 2.45) is 0 Å². The van der Waals surface area contributed by atoms with Crippen LogP contribution in [0.15, 0.2) is 58.1 Å². The molecule has 4 aromatic heterocycles. The zero-order valence-electron chi connectivity index (χ0n) is 17.3. The van der Waals surface area contributed by atoms with Crippen molar-refractivity contribution in [3.63, 3.8) is 0 Å². The van der Waals surface area contributed by atoms with E-state index in [1.807, 2.05) is 34.9 Å². The lowest BCUT2D eigenvalue weighted by molar-refractivity contribution is 0.180. The number of nitrogens with two attached hydrogens (primary N) is 1. The van der Waals surface area contributed by atoms with Crippen LogP contribution in [0.3, 0.4) is 0 Å². The molecule has 0 atom stereocenters. The van der Waals surface area contributed by atoms with Crippen LogP contribution in [0.4, 0.5) is 5.95 Å². The van der Waals surface area contributed by atoms with Crippen molar-refractivity contribution in [1.29, 1.82) is 0 Å². The number of piperidine rings is 1. The number of rotatable bonds is 4. The molecule has 0 spiro atoms. The second kappa shape index (κ2) is 7.34. The summed E-state index contributed by atoms with van der Waals surface area (Å²) >= 11 is 0. The Bertz CT molecular complexity index is 1450. The molecule has 0 bridgehead atoms. The molecule has 1 aromatic carbocycles. The smallest absolute Gasteiger partial charge is 0.326 e. The number of likely N-dealkylation sites (tertiary alicyclic amines) is 1. The first-order valence-corrected chi connectivity index (χ1v) is 10.6. The zero-order valence-corrected chi connectivity index (χ0v) is 17.3. The summed E-state index contributed by atoms with van der Waals surface area (Å²) in [5.41, 5.74) is 9.47. The Morgan fingerprint density at radius 1 is 1.16 bits per heavy atom. The van der Waals surface area contributed by atoms with Gasteiger partial charge in [0, 0.05) is 37.4 Å². The molecule has 1 fully saturated rings. The maximum atomic E-state index is 12.5. The van der Waals surface area contributed by atoms with Gasteiger partial charge in [0.05, 0.1) is 17.3 Å². The lowest BCUT2D eigenvalue weighted by atomic mass is 10.0. The minimum Gasteiger partial charge on any atom is -0.461 e. The maximum Gasteiger partial charge on any atom is 0.326 e. The van der Waals surface area contributed by atoms with E-state index in [1.54, 1.807) is 23.0 Å². The van der Waals surface area contributed by atoms with Gasteiger partial charge < -0.3 is 15.1 Å². The minimum absolute atomic E-state index is 0.0389. The molecule has 6 rings (SSSR count). The van der Waals surface area contributed by atoms with E-state index in [0.717, 1.165) is 42.5 Å². The molecule has 1 aliphatic rings. The number of fused-ring (bicyclic) bond motifs is 2. The maximum absolute atomic E-state index is 12.5. The van der Waals surface area contributed by atoms with E-state index < -0.39 is 0 Å². The van der Waals surface area contributed by atoms with E-state index in [1.165, 1.54) is 0 Å². The van der Waals surface area contributed by atoms with Gasteiger partial charge in [-0.3, -0.25) is 9.47 Å². The number of nitrogens with one attached hydrogen (secondary N) is 1. The van der Waals surface area contributed by atoms with E-state index in [-0.39, 0.29) is 17.7 Å². The number of para-hydroxylation sites is 2. The predicted octanol–water partition coefficient (Wildman–Crippen LogP) is 2.45. The molecular formula is C22H22N8O2. The quantitative estimate of drug-likeness (QED) is 0.449. The Kier molecular flexibility index (Phi) is 4.32. The SMILES string of the molecule is Nc1ncc(CN2CCC(n3c(=O)[nH]c4ccccc43)CC2)c2nc(-c3ccco3)nn12. The summed E-state index contributed by atoms with van der Waals surface area (Å²) in [7, 11) is 0. The molecule has 1 saturated heterocycles. The van der Waals surface area contributed by atoms with E-state index in [4.69, 9.17) is 10.2 Å². The van der Waals surface area contributed by atoms with Crippen LogP contribution in [-0.4, -0.2) is 47.1 Å². The number of hydrogen-bond acceptors (Lipinski definition) is 7. The molecular weight excluding hydrogens is 408 g/mol. The molecule has 162 valence electrons. The van der Waals surface area contributed by atoms with Crippen LogP contribution in [0, 0.1) is 0 Å². The Labute approximate surface area is 182 Å². The number of benzene rings is 1. The third-order valence-corrected chi connectivity index (χ3v) is 6.15. The van der Waals surface area contributed by atoms with Crippen molar-refractivity contribution < 1.29 is 4.42 Å². The van der Waals surface area contributed by atoms with Gasteiger partial charge in [-0.15, -0.1) is 5.10 Å². The Hall–Kier alpha value is -3.92. The third kappa shape index (κ3) is 3.07. The van der Waals surface area contributed by atoms with Gasteiger partial charge in [-0.05, 0) is 37.1 Å². The number of aromatic amines is 1. The number of aromatic nitrogens is 6. The van der Waals surface area contributed by atoms with Gasteiger partial charge >= 0.3 is 5.69 Å². The molecule has 0 saturated carbocycles. The Morgan fingerprint density at radius 2 is 2.00 bits per heavy atom. The standard InChI is InChI=1S/C22H22N8O2/c23-21-24-12-14(20-26-19(27-30(20)21)18-6-3-11-32-18)13-28-9-7-15(8-10-28)29-17-5-2-1-4-16(17)25-22(29)31/h1-6,11-12,15H,7-10,13H2,(H2,23,24)(H,25,31). The van der Waals surface area contributed by atoms with Gasteiger partial charge in [0.1, 0.15) is 0 Å². The van der Waals surface area contributed by atoms with Gasteiger partial charge in [0.2, 0.25) is 11.8 Å². The highest BCUT2D eigenvalue weighted by Crippen LogP contribution is 2.27. The molecule has 0 amide bonds. The van der Waals surface area contributed by atoms with Gasteiger partial charge in [-0.2, -0.15) is 4.52 Å². The fourth-order valence-electron chi connectivity index (χ4n) is 4.57. The topological polar surface area (TPSA) is 123 Å². The van der Waals surface area contributed by atoms with Crippen molar-refractivity contribution in [1.82, 2.24) is 34.0 Å². The molecule has 1 aliphatic heterocycles. The number of H-pyrrole nitrogens is 1. The summed E-state index contributed by atoms with van der Waals surface area (Å²) in [5, 5.41) is 4.46. The van der Waals surface area contributed by atoms with E-state index in [2.05, 4.69) is 25.0 Å². The van der Waals surface area contributed by atoms with Crippen molar-refractivity contribution in [2.45, 2.75) is 25.4 Å². The first kappa shape index (κ1) is 18.8. The number of hydrogen-bond donors (Lipinski definition) is 2. The number of nitrogen functional groups attached to an aromatic ring is 1. The van der Waals surface area contributed by atoms with Gasteiger partial charge in [0.25, 0.3) is 0 Å². The average molecular weight is 430 g/mol. The van der Waals surface area contributed by atoms with Crippen LogP contribution >= 0.6 is 0 Å². The summed E-state index contributed by atoms with van der Waals surface area (Å²) in [6.45, 7) is 2.42. The molecule has 5 heterocycles. The summed E-state index contributed by atoms with van der Waals surface area (Å²) in [4.78, 5) is 26.8. The fourth-order valence-corrected chi connectivity index (χ4v) is 4.57. The number of nitrogens with zero attached hydrogens (tertiary/aromatic N) is 6. The van der Waals surface area contributed by atoms with E-state index in [0.29, 0.717) is 23.8 Å². The largest absolute Gasteiger partial charge is 0.461 e. The zero-order chi connectivity index (χ0) is 21.7. The van der Waals surface area contributed by atoms with Crippen LogP contribution in [0.25, 0.3) is 28.3 Å². The predicted molar refractivity (Wildman–Crippen MR) is 119 cm³/mol. The highest BCUT2D eigenvalue weighted by molar-refractivity contribution is 5.75. The summed E-state index contributed by atoms with van der Waals surface area (Å²) < 4.78 is 8.89. The Balaban J connectivity index is 1.23. The van der Waals surface area contributed by atoms with E-state index in [9.17, 15) is 4.79 Å². The molecule has 0 radical (unpaired) electrons. The lowest BCUT2D eigenvalue weighted by Crippen LogP contribution is -2.36. The van der Waals surface area contributed by atoms with Gasteiger partial charge in [0.15, 0.2) is 11.4 Å². The van der Waals surface area contributed by atoms with E-state index >= 15 is 0 Å². The molecule has 3 N–H and O–H groups in total. The fraction of sp³-hybridized carbons (Fsp3) is 0.273. The van der Waals surface area contributed by atoms with Crippen LogP contribution in [0.5, 0.6) is 0 Å². The molecule has 0 aliphatic carbocycles. The second-order valence-corrected chi connectivity index (χ2v) is 8.11. The van der Waals surface area contributed by atoms with Gasteiger partial charge in [-0.1, -0.05) is 12.1 Å². The van der Waals surface area contributed by atoms with Gasteiger partial charge in [-0.25, -0.2) is 14.8 Å².